The second-order valence-electron chi connectivity index (χ2n) is 5.56. The van der Waals surface area contributed by atoms with E-state index in [4.69, 9.17) is 0 Å². The summed E-state index contributed by atoms with van der Waals surface area (Å²) in [6, 6.07) is 9.64. The minimum Gasteiger partial charge on any atom is -0.477 e. The average Bonchev–Trinajstić information content (AvgIpc) is 2.56. The smallest absolute Gasteiger partial charge is 0.354 e. The van der Waals surface area contributed by atoms with Gasteiger partial charge in [0.1, 0.15) is 0 Å². The highest BCUT2D eigenvalue weighted by molar-refractivity contribution is 5.97. The number of carbonyl (C=O) groups is 2. The summed E-state index contributed by atoms with van der Waals surface area (Å²) in [5, 5.41) is 11.8. The molecule has 22 heavy (non-hydrogen) atoms. The average molecular weight is 302 g/mol. The lowest BCUT2D eigenvalue weighted by Gasteiger charge is -2.35. The Kier molecular flexibility index (Phi) is 5.58. The minimum atomic E-state index is -1.13. The molecule has 0 heterocycles. The predicted molar refractivity (Wildman–Crippen MR) is 84.8 cm³/mol. The van der Waals surface area contributed by atoms with Crippen LogP contribution in [0.1, 0.15) is 37.7 Å². The van der Waals surface area contributed by atoms with Crippen LogP contribution in [0.25, 0.3) is 5.70 Å². The Labute approximate surface area is 130 Å². The van der Waals surface area contributed by atoms with E-state index in [1.807, 2.05) is 42.3 Å². The molecule has 2 rings (SSSR count). The summed E-state index contributed by atoms with van der Waals surface area (Å²) in [6.07, 6.45) is 6.04. The maximum atomic E-state index is 11.6. The molecule has 1 aliphatic rings. The number of nitrogens with zero attached hydrogens (tertiary/aromatic N) is 1. The highest BCUT2D eigenvalue weighted by Crippen LogP contribution is 2.29. The molecule has 1 fully saturated rings. The third-order valence-corrected chi connectivity index (χ3v) is 4.18. The van der Waals surface area contributed by atoms with Crippen molar-refractivity contribution >= 4 is 18.1 Å². The highest BCUT2D eigenvalue weighted by atomic mass is 16.4. The molecular formula is C17H22N2O3. The van der Waals surface area contributed by atoms with Gasteiger partial charge in [0.15, 0.2) is 5.70 Å². The molecule has 1 aromatic carbocycles. The fourth-order valence-electron chi connectivity index (χ4n) is 3.06. The first kappa shape index (κ1) is 16.1. The number of hydrogen-bond acceptors (Lipinski definition) is 3. The van der Waals surface area contributed by atoms with Gasteiger partial charge in [-0.15, -0.1) is 0 Å². The van der Waals surface area contributed by atoms with Gasteiger partial charge in [-0.2, -0.15) is 0 Å². The lowest BCUT2D eigenvalue weighted by molar-refractivity contribution is -0.133. The van der Waals surface area contributed by atoms with Crippen LogP contribution in [0.2, 0.25) is 0 Å². The summed E-state index contributed by atoms with van der Waals surface area (Å²) in [4.78, 5) is 24.4. The van der Waals surface area contributed by atoms with E-state index in [-0.39, 0.29) is 5.70 Å². The number of carboxylic acid groups (broad SMARTS) is 1. The molecule has 0 radical (unpaired) electrons. The van der Waals surface area contributed by atoms with E-state index < -0.39 is 5.97 Å². The number of hydrogen-bond donors (Lipinski definition) is 2. The molecule has 1 amide bonds. The van der Waals surface area contributed by atoms with Gasteiger partial charge in [-0.3, -0.25) is 4.79 Å². The zero-order valence-corrected chi connectivity index (χ0v) is 12.8. The Morgan fingerprint density at radius 2 is 1.86 bits per heavy atom. The number of carbonyl (C=O) groups excluding carboxylic acids is 1. The van der Waals surface area contributed by atoms with Gasteiger partial charge in [0, 0.05) is 18.7 Å². The summed E-state index contributed by atoms with van der Waals surface area (Å²) in [7, 11) is 1.91. The molecule has 118 valence electrons. The molecule has 0 unspecified atom stereocenters. The second-order valence-corrected chi connectivity index (χ2v) is 5.56. The Hall–Kier alpha value is -2.30. The van der Waals surface area contributed by atoms with Crippen molar-refractivity contribution in [2.24, 2.45) is 0 Å². The summed E-state index contributed by atoms with van der Waals surface area (Å²) in [5.41, 5.74) is 1.28. The molecule has 2 N–H and O–H groups in total. The van der Waals surface area contributed by atoms with Crippen molar-refractivity contribution in [3.63, 3.8) is 0 Å². The molecule has 1 saturated carbocycles. The maximum absolute atomic E-state index is 11.6. The van der Waals surface area contributed by atoms with Crippen LogP contribution in [0.15, 0.2) is 36.0 Å². The summed E-state index contributed by atoms with van der Waals surface area (Å²) < 4.78 is 0. The van der Waals surface area contributed by atoms with E-state index in [1.165, 1.54) is 6.42 Å². The van der Waals surface area contributed by atoms with E-state index in [1.54, 1.807) is 0 Å². The number of carboxylic acids is 1. The van der Waals surface area contributed by atoms with Gasteiger partial charge in [-0.1, -0.05) is 49.6 Å². The topological polar surface area (TPSA) is 69.6 Å². The number of amides is 1. The van der Waals surface area contributed by atoms with Crippen LogP contribution >= 0.6 is 0 Å². The van der Waals surface area contributed by atoms with Crippen molar-refractivity contribution < 1.29 is 14.7 Å². The van der Waals surface area contributed by atoms with E-state index in [2.05, 4.69) is 5.32 Å². The molecule has 0 aromatic heterocycles. The van der Waals surface area contributed by atoms with E-state index in [0.29, 0.717) is 18.1 Å². The monoisotopic (exact) mass is 302 g/mol. The van der Waals surface area contributed by atoms with Crippen molar-refractivity contribution in [2.45, 2.75) is 38.1 Å². The van der Waals surface area contributed by atoms with Crippen molar-refractivity contribution in [3.05, 3.63) is 41.6 Å². The minimum absolute atomic E-state index is 0.0747. The molecular weight excluding hydrogens is 280 g/mol. The van der Waals surface area contributed by atoms with Crippen LogP contribution in [0.4, 0.5) is 0 Å². The summed E-state index contributed by atoms with van der Waals surface area (Å²) in [6.45, 7) is 0. The van der Waals surface area contributed by atoms with Gasteiger partial charge >= 0.3 is 5.97 Å². The first-order valence-electron chi connectivity index (χ1n) is 7.61. The molecule has 1 aromatic rings. The fraction of sp³-hybridized carbons (Fsp3) is 0.412. The zero-order chi connectivity index (χ0) is 15.9. The lowest BCUT2D eigenvalue weighted by atomic mass is 9.93. The van der Waals surface area contributed by atoms with Gasteiger partial charge in [-0.05, 0) is 12.8 Å². The quantitative estimate of drug-likeness (QED) is 0.625. The molecule has 0 saturated heterocycles. The molecule has 0 bridgehead atoms. The first-order chi connectivity index (χ1) is 10.6. The van der Waals surface area contributed by atoms with Gasteiger partial charge in [0.2, 0.25) is 6.41 Å². The molecule has 0 atom stereocenters. The summed E-state index contributed by atoms with van der Waals surface area (Å²) in [5.74, 6) is -1.13. The number of benzene rings is 1. The van der Waals surface area contributed by atoms with Crippen molar-refractivity contribution in [1.29, 1.82) is 0 Å². The number of nitrogens with one attached hydrogen (secondary N) is 1. The van der Waals surface area contributed by atoms with Crippen molar-refractivity contribution in [3.8, 4) is 0 Å². The van der Waals surface area contributed by atoms with Crippen molar-refractivity contribution in [2.75, 3.05) is 7.05 Å². The maximum Gasteiger partial charge on any atom is 0.354 e. The SMILES string of the molecule is CN(/C(=C(\NC=O)C(=O)O)c1ccccc1)C1CCCCC1. The third kappa shape index (κ3) is 3.67. The van der Waals surface area contributed by atoms with Crippen LogP contribution in [-0.4, -0.2) is 35.5 Å². The predicted octanol–water partition coefficient (Wildman–Crippen LogP) is 2.45. The van der Waals surface area contributed by atoms with E-state index >= 15 is 0 Å². The molecule has 5 nitrogen and oxygen atoms in total. The second kappa shape index (κ2) is 7.64. The Morgan fingerprint density at radius 1 is 1.23 bits per heavy atom. The van der Waals surface area contributed by atoms with Crippen molar-refractivity contribution in [1.82, 2.24) is 10.2 Å². The van der Waals surface area contributed by atoms with E-state index in [9.17, 15) is 14.7 Å². The Bertz CT molecular complexity index is 548. The fourth-order valence-corrected chi connectivity index (χ4v) is 3.06. The van der Waals surface area contributed by atoms with Crippen LogP contribution in [0.3, 0.4) is 0 Å². The Balaban J connectivity index is 2.46. The number of rotatable bonds is 6. The first-order valence-corrected chi connectivity index (χ1v) is 7.61. The van der Waals surface area contributed by atoms with Crippen LogP contribution < -0.4 is 5.32 Å². The summed E-state index contributed by atoms with van der Waals surface area (Å²) >= 11 is 0. The van der Waals surface area contributed by atoms with Crippen LogP contribution in [-0.2, 0) is 9.59 Å². The van der Waals surface area contributed by atoms with E-state index in [0.717, 1.165) is 31.2 Å². The lowest BCUT2D eigenvalue weighted by Crippen LogP contribution is -2.35. The largest absolute Gasteiger partial charge is 0.477 e. The normalized spacial score (nSPS) is 16.6. The Morgan fingerprint density at radius 3 is 2.41 bits per heavy atom. The molecule has 0 spiro atoms. The standard InChI is InChI=1S/C17H22N2O3/c1-19(14-10-6-3-7-11-14)16(13-8-4-2-5-9-13)15(17(21)22)18-12-20/h2,4-5,8-9,12,14H,3,6-7,10-11H2,1H3,(H,18,20)(H,21,22)/b16-15-. The molecule has 5 heteroatoms. The molecule has 1 aliphatic carbocycles. The van der Waals surface area contributed by atoms with Gasteiger partial charge < -0.3 is 15.3 Å². The van der Waals surface area contributed by atoms with Gasteiger partial charge in [0.25, 0.3) is 0 Å². The third-order valence-electron chi connectivity index (χ3n) is 4.18. The molecule has 0 aliphatic heterocycles. The van der Waals surface area contributed by atoms with Gasteiger partial charge in [0.05, 0.1) is 5.70 Å². The van der Waals surface area contributed by atoms with Crippen LogP contribution in [0, 0.1) is 0 Å². The highest BCUT2D eigenvalue weighted by Gasteiger charge is 2.25. The number of aliphatic carboxylic acids is 1. The van der Waals surface area contributed by atoms with Crippen LogP contribution in [0.5, 0.6) is 0 Å². The zero-order valence-electron chi connectivity index (χ0n) is 12.8. The van der Waals surface area contributed by atoms with Gasteiger partial charge in [-0.25, -0.2) is 4.79 Å².